The van der Waals surface area contributed by atoms with E-state index >= 15 is 0 Å². The number of rotatable bonds is 3. The van der Waals surface area contributed by atoms with Crippen LogP contribution in [0.1, 0.15) is 19.4 Å². The molecule has 0 saturated carbocycles. The van der Waals surface area contributed by atoms with Crippen molar-refractivity contribution in [3.63, 3.8) is 0 Å². The number of hydrogen-bond acceptors (Lipinski definition) is 6. The van der Waals surface area contributed by atoms with Gasteiger partial charge < -0.3 is 14.8 Å². The number of H-pyrrole nitrogens is 1. The van der Waals surface area contributed by atoms with Gasteiger partial charge in [0.1, 0.15) is 0 Å². The first kappa shape index (κ1) is 15.8. The van der Waals surface area contributed by atoms with Gasteiger partial charge in [0.15, 0.2) is 11.4 Å². The van der Waals surface area contributed by atoms with Crippen LogP contribution in [0.2, 0.25) is 0 Å². The van der Waals surface area contributed by atoms with Crippen LogP contribution in [-0.4, -0.2) is 27.9 Å². The molecule has 2 N–H and O–H groups in total. The number of aromatic amines is 1. The molecule has 0 amide bonds. The largest absolute Gasteiger partial charge is 0.419 e. The van der Waals surface area contributed by atoms with E-state index in [4.69, 9.17) is 9.47 Å². The number of ether oxygens (including phenoxy) is 2. The third-order valence-corrected chi connectivity index (χ3v) is 3.42. The van der Waals surface area contributed by atoms with Crippen LogP contribution >= 0.6 is 0 Å². The molecule has 0 bridgehead atoms. The minimum absolute atomic E-state index is 0.214. The SMILES string of the molecule is Cc1ccc(-c2cc(NC=C3C(=O)OC(C)(C)OC3=O)n[nH]2)cc1. The first-order valence-corrected chi connectivity index (χ1v) is 7.40. The van der Waals surface area contributed by atoms with Gasteiger partial charge in [-0.15, -0.1) is 0 Å². The Kier molecular flexibility index (Phi) is 3.84. The molecular weight excluding hydrogens is 310 g/mol. The number of anilines is 1. The normalized spacial score (nSPS) is 16.4. The summed E-state index contributed by atoms with van der Waals surface area (Å²) in [5.41, 5.74) is 2.74. The van der Waals surface area contributed by atoms with Crippen LogP contribution in [0.5, 0.6) is 0 Å². The average molecular weight is 327 g/mol. The average Bonchev–Trinajstić information content (AvgIpc) is 2.95. The number of aromatic nitrogens is 2. The lowest BCUT2D eigenvalue weighted by molar-refractivity contribution is -0.222. The first-order chi connectivity index (χ1) is 11.3. The summed E-state index contributed by atoms with van der Waals surface area (Å²) in [7, 11) is 0. The van der Waals surface area contributed by atoms with Gasteiger partial charge in [0.25, 0.3) is 5.79 Å². The molecule has 7 nitrogen and oxygen atoms in total. The number of cyclic esters (lactones) is 2. The zero-order valence-corrected chi connectivity index (χ0v) is 13.5. The van der Waals surface area contributed by atoms with E-state index in [2.05, 4.69) is 15.5 Å². The second-order valence-electron chi connectivity index (χ2n) is 5.91. The number of nitrogens with one attached hydrogen (secondary N) is 2. The Bertz CT molecular complexity index is 797. The van der Waals surface area contributed by atoms with Crippen molar-refractivity contribution in [1.29, 1.82) is 0 Å². The molecular formula is C17H17N3O4. The Morgan fingerprint density at radius 3 is 2.38 bits per heavy atom. The second kappa shape index (κ2) is 5.84. The summed E-state index contributed by atoms with van der Waals surface area (Å²) in [6.45, 7) is 5.00. The quantitative estimate of drug-likeness (QED) is 0.511. The number of benzene rings is 1. The Morgan fingerprint density at radius 2 is 1.75 bits per heavy atom. The molecule has 24 heavy (non-hydrogen) atoms. The maximum atomic E-state index is 11.8. The monoisotopic (exact) mass is 327 g/mol. The maximum absolute atomic E-state index is 11.8. The Labute approximate surface area is 138 Å². The van der Waals surface area contributed by atoms with Gasteiger partial charge >= 0.3 is 11.9 Å². The van der Waals surface area contributed by atoms with Crippen LogP contribution in [-0.2, 0) is 19.1 Å². The Morgan fingerprint density at radius 1 is 1.12 bits per heavy atom. The van der Waals surface area contributed by atoms with E-state index in [9.17, 15) is 9.59 Å². The highest BCUT2D eigenvalue weighted by molar-refractivity contribution is 6.15. The fourth-order valence-corrected chi connectivity index (χ4v) is 2.20. The third-order valence-electron chi connectivity index (χ3n) is 3.42. The molecule has 1 aliphatic rings. The third kappa shape index (κ3) is 3.29. The van der Waals surface area contributed by atoms with E-state index in [1.165, 1.54) is 25.6 Å². The molecule has 2 aromatic rings. The lowest BCUT2D eigenvalue weighted by Crippen LogP contribution is -2.42. The molecule has 0 radical (unpaired) electrons. The van der Waals surface area contributed by atoms with Gasteiger partial charge in [-0.05, 0) is 12.5 Å². The lowest BCUT2D eigenvalue weighted by Gasteiger charge is -2.29. The molecule has 0 unspecified atom stereocenters. The van der Waals surface area contributed by atoms with Crippen LogP contribution in [0.15, 0.2) is 42.1 Å². The number of nitrogens with zero attached hydrogens (tertiary/aromatic N) is 1. The van der Waals surface area contributed by atoms with Crippen molar-refractivity contribution >= 4 is 17.8 Å². The van der Waals surface area contributed by atoms with Crippen LogP contribution in [0, 0.1) is 6.92 Å². The first-order valence-electron chi connectivity index (χ1n) is 7.40. The summed E-state index contributed by atoms with van der Waals surface area (Å²) in [6.07, 6.45) is 1.23. The van der Waals surface area contributed by atoms with Crippen molar-refractivity contribution in [2.75, 3.05) is 5.32 Å². The van der Waals surface area contributed by atoms with Crippen LogP contribution in [0.4, 0.5) is 5.82 Å². The van der Waals surface area contributed by atoms with Crippen LogP contribution in [0.25, 0.3) is 11.3 Å². The van der Waals surface area contributed by atoms with Gasteiger partial charge in [0.2, 0.25) is 0 Å². The fourth-order valence-electron chi connectivity index (χ4n) is 2.20. The van der Waals surface area contributed by atoms with Gasteiger partial charge in [0, 0.05) is 26.1 Å². The number of aryl methyl sites for hydroxylation is 1. The summed E-state index contributed by atoms with van der Waals surface area (Å²) in [5, 5.41) is 9.78. The van der Waals surface area contributed by atoms with Crippen molar-refractivity contribution in [2.24, 2.45) is 0 Å². The zero-order valence-electron chi connectivity index (χ0n) is 13.5. The highest BCUT2D eigenvalue weighted by Crippen LogP contribution is 2.23. The molecule has 124 valence electrons. The summed E-state index contributed by atoms with van der Waals surface area (Å²) < 4.78 is 10.0. The van der Waals surface area contributed by atoms with E-state index in [0.29, 0.717) is 5.82 Å². The molecule has 1 fully saturated rings. The van der Waals surface area contributed by atoms with Gasteiger partial charge in [0.05, 0.1) is 5.69 Å². The maximum Gasteiger partial charge on any atom is 0.350 e. The predicted molar refractivity (Wildman–Crippen MR) is 86.7 cm³/mol. The molecule has 0 spiro atoms. The van der Waals surface area contributed by atoms with Gasteiger partial charge in [-0.25, -0.2) is 9.59 Å². The van der Waals surface area contributed by atoms with Crippen molar-refractivity contribution in [1.82, 2.24) is 10.2 Å². The Hall–Kier alpha value is -3.09. The minimum Gasteiger partial charge on any atom is -0.419 e. The molecule has 3 rings (SSSR count). The lowest BCUT2D eigenvalue weighted by atomic mass is 10.1. The van der Waals surface area contributed by atoms with E-state index in [0.717, 1.165) is 11.3 Å². The molecule has 2 heterocycles. The van der Waals surface area contributed by atoms with Crippen molar-refractivity contribution in [3.05, 3.63) is 47.7 Å². The van der Waals surface area contributed by atoms with E-state index in [-0.39, 0.29) is 5.57 Å². The molecule has 1 aromatic heterocycles. The highest BCUT2D eigenvalue weighted by atomic mass is 16.7. The number of carbonyl (C=O) groups is 2. The van der Waals surface area contributed by atoms with Crippen LogP contribution in [0.3, 0.4) is 0 Å². The fraction of sp³-hybridized carbons (Fsp3) is 0.235. The van der Waals surface area contributed by atoms with Gasteiger partial charge in [-0.3, -0.25) is 5.10 Å². The molecule has 0 aliphatic carbocycles. The second-order valence-corrected chi connectivity index (χ2v) is 5.91. The summed E-state index contributed by atoms with van der Waals surface area (Å²) >= 11 is 0. The molecule has 7 heteroatoms. The van der Waals surface area contributed by atoms with Gasteiger partial charge in [-0.2, -0.15) is 5.10 Å². The van der Waals surface area contributed by atoms with E-state index in [1.807, 2.05) is 31.2 Å². The van der Waals surface area contributed by atoms with E-state index < -0.39 is 17.7 Å². The van der Waals surface area contributed by atoms with Gasteiger partial charge in [-0.1, -0.05) is 29.8 Å². The zero-order chi connectivity index (χ0) is 17.3. The Balaban J connectivity index is 1.74. The predicted octanol–water partition coefficient (Wildman–Crippen LogP) is 2.52. The minimum atomic E-state index is -1.25. The summed E-state index contributed by atoms with van der Waals surface area (Å²) in [4.78, 5) is 23.7. The topological polar surface area (TPSA) is 93.3 Å². The van der Waals surface area contributed by atoms with E-state index in [1.54, 1.807) is 6.07 Å². The highest BCUT2D eigenvalue weighted by Gasteiger charge is 2.38. The molecule has 1 aliphatic heterocycles. The smallest absolute Gasteiger partial charge is 0.350 e. The van der Waals surface area contributed by atoms with Crippen molar-refractivity contribution in [2.45, 2.75) is 26.6 Å². The van der Waals surface area contributed by atoms with Crippen molar-refractivity contribution < 1.29 is 19.1 Å². The molecule has 1 saturated heterocycles. The van der Waals surface area contributed by atoms with Crippen LogP contribution < -0.4 is 5.32 Å². The summed E-state index contributed by atoms with van der Waals surface area (Å²) in [6, 6.07) is 9.72. The summed E-state index contributed by atoms with van der Waals surface area (Å²) in [5.74, 6) is -2.27. The van der Waals surface area contributed by atoms with Crippen molar-refractivity contribution in [3.8, 4) is 11.3 Å². The standard InChI is InChI=1S/C17H17N3O4/c1-10-4-6-11(7-5-10)13-8-14(20-19-13)18-9-12-15(21)23-17(2,3)24-16(12)22/h4-9H,1-3H3,(H2,18,19,20). The number of esters is 2. The number of carbonyl (C=O) groups excluding carboxylic acids is 2. The molecule has 0 atom stereocenters. The molecule has 1 aromatic carbocycles. The number of hydrogen-bond donors (Lipinski definition) is 2.